The standard InChI is InChI=1S/C18H31NO/c1-7-18(6,19(8-2)9-3)17(20)13-16-11-10-14(4)15(5)12-16/h10-12,17,20H,7-9,13H2,1-6H3. The molecule has 0 aliphatic heterocycles. The molecule has 0 amide bonds. The van der Waals surface area contributed by atoms with Gasteiger partial charge < -0.3 is 5.11 Å². The predicted octanol–water partition coefficient (Wildman–Crippen LogP) is 3.72. The van der Waals surface area contributed by atoms with Crippen LogP contribution in [0.15, 0.2) is 18.2 Å². The molecule has 0 heterocycles. The van der Waals surface area contributed by atoms with Gasteiger partial charge in [0, 0.05) is 12.0 Å². The van der Waals surface area contributed by atoms with E-state index in [1.807, 2.05) is 0 Å². The topological polar surface area (TPSA) is 23.5 Å². The van der Waals surface area contributed by atoms with E-state index < -0.39 is 0 Å². The number of hydrogen-bond acceptors (Lipinski definition) is 2. The average molecular weight is 277 g/mol. The molecule has 114 valence electrons. The molecule has 2 unspecified atom stereocenters. The van der Waals surface area contributed by atoms with E-state index in [2.05, 4.69) is 64.6 Å². The Kier molecular flexibility index (Phi) is 6.22. The highest BCUT2D eigenvalue weighted by Gasteiger charge is 2.35. The molecule has 0 radical (unpaired) electrons. The Bertz CT molecular complexity index is 425. The van der Waals surface area contributed by atoms with Crippen molar-refractivity contribution in [1.29, 1.82) is 0 Å². The van der Waals surface area contributed by atoms with Crippen molar-refractivity contribution < 1.29 is 5.11 Å². The van der Waals surface area contributed by atoms with Gasteiger partial charge in [-0.25, -0.2) is 0 Å². The zero-order valence-corrected chi connectivity index (χ0v) is 14.0. The Hall–Kier alpha value is -0.860. The summed E-state index contributed by atoms with van der Waals surface area (Å²) in [5.41, 5.74) is 3.69. The minimum absolute atomic E-state index is 0.151. The maximum Gasteiger partial charge on any atom is 0.0761 e. The van der Waals surface area contributed by atoms with Crippen molar-refractivity contribution in [3.05, 3.63) is 34.9 Å². The Labute approximate surface area is 124 Å². The summed E-state index contributed by atoms with van der Waals surface area (Å²) in [5.74, 6) is 0. The zero-order valence-electron chi connectivity index (χ0n) is 14.0. The van der Waals surface area contributed by atoms with Gasteiger partial charge in [-0.05, 0) is 57.0 Å². The Morgan fingerprint density at radius 1 is 1.10 bits per heavy atom. The average Bonchev–Trinajstić information content (AvgIpc) is 2.43. The maximum absolute atomic E-state index is 10.8. The first kappa shape index (κ1) is 17.2. The van der Waals surface area contributed by atoms with E-state index in [0.717, 1.165) is 25.9 Å². The van der Waals surface area contributed by atoms with Gasteiger partial charge in [0.05, 0.1) is 6.10 Å². The third kappa shape index (κ3) is 3.62. The van der Waals surface area contributed by atoms with Gasteiger partial charge in [-0.2, -0.15) is 0 Å². The van der Waals surface area contributed by atoms with Crippen LogP contribution in [0.3, 0.4) is 0 Å². The van der Waals surface area contributed by atoms with Crippen LogP contribution in [0.1, 0.15) is 50.8 Å². The summed E-state index contributed by atoms with van der Waals surface area (Å²) < 4.78 is 0. The molecule has 0 bridgehead atoms. The fourth-order valence-corrected chi connectivity index (χ4v) is 2.99. The van der Waals surface area contributed by atoms with E-state index >= 15 is 0 Å². The van der Waals surface area contributed by atoms with Gasteiger partial charge in [0.1, 0.15) is 0 Å². The molecule has 1 N–H and O–H groups in total. The first-order valence-corrected chi connectivity index (χ1v) is 7.88. The number of nitrogens with zero attached hydrogens (tertiary/aromatic N) is 1. The van der Waals surface area contributed by atoms with E-state index in [4.69, 9.17) is 0 Å². The molecule has 2 atom stereocenters. The number of aryl methyl sites for hydroxylation is 2. The number of likely N-dealkylation sites (N-methyl/N-ethyl adjacent to an activating group) is 1. The van der Waals surface area contributed by atoms with E-state index in [-0.39, 0.29) is 11.6 Å². The fourth-order valence-electron chi connectivity index (χ4n) is 2.99. The third-order valence-electron chi connectivity index (χ3n) is 4.92. The normalized spacial score (nSPS) is 16.2. The van der Waals surface area contributed by atoms with Crippen molar-refractivity contribution in [1.82, 2.24) is 4.90 Å². The SMILES string of the molecule is CCN(CC)C(C)(CC)C(O)Cc1ccc(C)c(C)c1. The molecule has 1 rings (SSSR count). The van der Waals surface area contributed by atoms with Crippen LogP contribution in [0.4, 0.5) is 0 Å². The number of aliphatic hydroxyl groups excluding tert-OH is 1. The molecule has 0 fully saturated rings. The summed E-state index contributed by atoms with van der Waals surface area (Å²) >= 11 is 0. The number of hydrogen-bond donors (Lipinski definition) is 1. The molecule has 2 heteroatoms. The van der Waals surface area contributed by atoms with Crippen LogP contribution < -0.4 is 0 Å². The summed E-state index contributed by atoms with van der Waals surface area (Å²) in [5, 5.41) is 10.8. The highest BCUT2D eigenvalue weighted by Crippen LogP contribution is 2.26. The summed E-state index contributed by atoms with van der Waals surface area (Å²) in [6, 6.07) is 6.50. The van der Waals surface area contributed by atoms with Crippen molar-refractivity contribution in [3.63, 3.8) is 0 Å². The zero-order chi connectivity index (χ0) is 15.3. The molecule has 0 aliphatic carbocycles. The fraction of sp³-hybridized carbons (Fsp3) is 0.667. The summed E-state index contributed by atoms with van der Waals surface area (Å²) in [6.07, 6.45) is 1.34. The van der Waals surface area contributed by atoms with E-state index in [1.165, 1.54) is 16.7 Å². The van der Waals surface area contributed by atoms with Crippen LogP contribution in [0.25, 0.3) is 0 Å². The number of rotatable bonds is 7. The number of benzene rings is 1. The monoisotopic (exact) mass is 277 g/mol. The van der Waals surface area contributed by atoms with Crippen molar-refractivity contribution in [2.75, 3.05) is 13.1 Å². The Balaban J connectivity index is 2.91. The smallest absolute Gasteiger partial charge is 0.0761 e. The van der Waals surface area contributed by atoms with Crippen LogP contribution >= 0.6 is 0 Å². The van der Waals surface area contributed by atoms with Crippen molar-refractivity contribution in [2.24, 2.45) is 0 Å². The van der Waals surface area contributed by atoms with Gasteiger partial charge in [0.25, 0.3) is 0 Å². The molecule has 1 aromatic rings. The lowest BCUT2D eigenvalue weighted by atomic mass is 9.85. The van der Waals surface area contributed by atoms with Gasteiger partial charge in [-0.15, -0.1) is 0 Å². The third-order valence-corrected chi connectivity index (χ3v) is 4.92. The van der Waals surface area contributed by atoms with E-state index in [0.29, 0.717) is 0 Å². The largest absolute Gasteiger partial charge is 0.391 e. The van der Waals surface area contributed by atoms with Crippen molar-refractivity contribution in [3.8, 4) is 0 Å². The molecule has 2 nitrogen and oxygen atoms in total. The van der Waals surface area contributed by atoms with Gasteiger partial charge >= 0.3 is 0 Å². The lowest BCUT2D eigenvalue weighted by molar-refractivity contribution is -0.0190. The number of aliphatic hydroxyl groups is 1. The van der Waals surface area contributed by atoms with Crippen LogP contribution in [-0.4, -0.2) is 34.7 Å². The Morgan fingerprint density at radius 2 is 1.70 bits per heavy atom. The van der Waals surface area contributed by atoms with Crippen LogP contribution in [-0.2, 0) is 6.42 Å². The lowest BCUT2D eigenvalue weighted by Crippen LogP contribution is -2.54. The molecule has 0 aliphatic rings. The van der Waals surface area contributed by atoms with Gasteiger partial charge in [-0.3, -0.25) is 4.90 Å². The predicted molar refractivity (Wildman–Crippen MR) is 87.2 cm³/mol. The van der Waals surface area contributed by atoms with Gasteiger partial charge in [0.15, 0.2) is 0 Å². The van der Waals surface area contributed by atoms with E-state index in [9.17, 15) is 5.11 Å². The van der Waals surface area contributed by atoms with Crippen LogP contribution in [0, 0.1) is 13.8 Å². The first-order valence-electron chi connectivity index (χ1n) is 7.88. The first-order chi connectivity index (χ1) is 9.38. The van der Waals surface area contributed by atoms with Gasteiger partial charge in [-0.1, -0.05) is 39.0 Å². The van der Waals surface area contributed by atoms with Crippen molar-refractivity contribution >= 4 is 0 Å². The Morgan fingerprint density at radius 3 is 2.15 bits per heavy atom. The van der Waals surface area contributed by atoms with Crippen molar-refractivity contribution in [2.45, 2.75) is 66.0 Å². The minimum atomic E-state index is -0.338. The molecular weight excluding hydrogens is 246 g/mol. The second-order valence-corrected chi connectivity index (χ2v) is 6.02. The molecule has 0 saturated carbocycles. The molecular formula is C18H31NO. The molecule has 0 spiro atoms. The summed E-state index contributed by atoms with van der Waals surface area (Å²) in [6.45, 7) is 14.9. The highest BCUT2D eigenvalue weighted by atomic mass is 16.3. The summed E-state index contributed by atoms with van der Waals surface area (Å²) in [4.78, 5) is 2.37. The van der Waals surface area contributed by atoms with Crippen LogP contribution in [0.2, 0.25) is 0 Å². The summed E-state index contributed by atoms with van der Waals surface area (Å²) in [7, 11) is 0. The second kappa shape index (κ2) is 7.24. The molecule has 0 aromatic heterocycles. The molecule has 0 saturated heterocycles. The highest BCUT2D eigenvalue weighted by molar-refractivity contribution is 5.30. The molecule has 1 aromatic carbocycles. The molecule has 20 heavy (non-hydrogen) atoms. The second-order valence-electron chi connectivity index (χ2n) is 6.02. The van der Waals surface area contributed by atoms with Gasteiger partial charge in [0.2, 0.25) is 0 Å². The van der Waals surface area contributed by atoms with E-state index in [1.54, 1.807) is 0 Å². The maximum atomic E-state index is 10.8. The lowest BCUT2D eigenvalue weighted by Gasteiger charge is -2.43. The quantitative estimate of drug-likeness (QED) is 0.821. The minimum Gasteiger partial charge on any atom is -0.391 e. The van der Waals surface area contributed by atoms with Crippen LogP contribution in [0.5, 0.6) is 0 Å².